The first-order valence-corrected chi connectivity index (χ1v) is 5.74. The molecule has 0 spiro atoms. The van der Waals surface area contributed by atoms with Crippen molar-refractivity contribution in [1.82, 2.24) is 10.6 Å². The smallest absolute Gasteiger partial charge is 0.315 e. The topological polar surface area (TPSA) is 61.4 Å². The summed E-state index contributed by atoms with van der Waals surface area (Å²) in [4.78, 5) is 11.4. The van der Waals surface area contributed by atoms with Crippen molar-refractivity contribution in [3.63, 3.8) is 0 Å². The van der Waals surface area contributed by atoms with Crippen molar-refractivity contribution in [3.8, 4) is 0 Å². The van der Waals surface area contributed by atoms with E-state index in [0.717, 1.165) is 0 Å². The number of carbonyl (C=O) groups is 1. The second-order valence-corrected chi connectivity index (χ2v) is 6.50. The predicted octanol–water partition coefficient (Wildman–Crippen LogP) is 1.88. The van der Waals surface area contributed by atoms with Gasteiger partial charge >= 0.3 is 6.03 Å². The van der Waals surface area contributed by atoms with Gasteiger partial charge in [-0.3, -0.25) is 0 Å². The molecular weight excluding hydrogens is 204 g/mol. The lowest BCUT2D eigenvalue weighted by molar-refractivity contribution is 0.120. The summed E-state index contributed by atoms with van der Waals surface area (Å²) in [6.07, 6.45) is 0.175. The van der Waals surface area contributed by atoms with Crippen molar-refractivity contribution >= 4 is 6.03 Å². The standard InChI is InChI=1S/C12H26N2O2/c1-11(2,3)7-9(15)8-13-10(16)14-12(4,5)6/h9,15H,7-8H2,1-6H3,(H2,13,14,16). The minimum absolute atomic E-state index is 0.0710. The van der Waals surface area contributed by atoms with Crippen LogP contribution in [0.3, 0.4) is 0 Å². The minimum atomic E-state index is -0.495. The van der Waals surface area contributed by atoms with Gasteiger partial charge in [0.2, 0.25) is 0 Å². The SMILES string of the molecule is CC(C)(C)CC(O)CNC(=O)NC(C)(C)C. The third-order valence-corrected chi connectivity index (χ3v) is 1.83. The number of urea groups is 1. The van der Waals surface area contributed by atoms with Crippen molar-refractivity contribution < 1.29 is 9.90 Å². The van der Waals surface area contributed by atoms with Crippen molar-refractivity contribution in [2.24, 2.45) is 5.41 Å². The Morgan fingerprint density at radius 3 is 2.06 bits per heavy atom. The number of amides is 2. The molecule has 0 bridgehead atoms. The largest absolute Gasteiger partial charge is 0.391 e. The van der Waals surface area contributed by atoms with Crippen LogP contribution in [0, 0.1) is 5.41 Å². The molecule has 0 heterocycles. The maximum absolute atomic E-state index is 11.4. The van der Waals surface area contributed by atoms with Gasteiger partial charge in [0.25, 0.3) is 0 Å². The van der Waals surface area contributed by atoms with Crippen LogP contribution in [-0.4, -0.2) is 29.3 Å². The van der Waals surface area contributed by atoms with Gasteiger partial charge in [0.1, 0.15) is 0 Å². The zero-order valence-corrected chi connectivity index (χ0v) is 11.3. The summed E-state index contributed by atoms with van der Waals surface area (Å²) in [5.41, 5.74) is -0.180. The van der Waals surface area contributed by atoms with E-state index < -0.39 is 6.10 Å². The summed E-state index contributed by atoms with van der Waals surface area (Å²) in [6, 6.07) is -0.236. The molecule has 0 radical (unpaired) electrons. The maximum Gasteiger partial charge on any atom is 0.315 e. The number of carbonyl (C=O) groups excluding carboxylic acids is 1. The second kappa shape index (κ2) is 5.53. The normalized spacial score (nSPS) is 14.4. The Morgan fingerprint density at radius 2 is 1.69 bits per heavy atom. The summed E-state index contributed by atoms with van der Waals surface area (Å²) in [5, 5.41) is 15.1. The average molecular weight is 230 g/mol. The van der Waals surface area contributed by atoms with Crippen LogP contribution < -0.4 is 10.6 Å². The fraction of sp³-hybridized carbons (Fsp3) is 0.917. The molecule has 4 heteroatoms. The highest BCUT2D eigenvalue weighted by Crippen LogP contribution is 2.20. The Kier molecular flexibility index (Phi) is 5.26. The Bertz CT molecular complexity index is 226. The fourth-order valence-corrected chi connectivity index (χ4v) is 1.37. The zero-order valence-electron chi connectivity index (χ0n) is 11.3. The van der Waals surface area contributed by atoms with Crippen molar-refractivity contribution in [2.45, 2.75) is 59.6 Å². The lowest BCUT2D eigenvalue weighted by Gasteiger charge is -2.24. The highest BCUT2D eigenvalue weighted by molar-refractivity contribution is 5.74. The van der Waals surface area contributed by atoms with Crippen molar-refractivity contribution in [3.05, 3.63) is 0 Å². The van der Waals surface area contributed by atoms with E-state index in [0.29, 0.717) is 13.0 Å². The van der Waals surface area contributed by atoms with E-state index in [9.17, 15) is 9.90 Å². The van der Waals surface area contributed by atoms with Crippen LogP contribution >= 0.6 is 0 Å². The van der Waals surface area contributed by atoms with Crippen molar-refractivity contribution in [2.75, 3.05) is 6.54 Å². The van der Waals surface area contributed by atoms with Crippen molar-refractivity contribution in [1.29, 1.82) is 0 Å². The third kappa shape index (κ3) is 9.77. The Hall–Kier alpha value is -0.770. The molecule has 0 aromatic heterocycles. The first-order chi connectivity index (χ1) is 6.99. The summed E-state index contributed by atoms with van der Waals surface area (Å²) >= 11 is 0. The number of nitrogens with one attached hydrogen (secondary N) is 2. The van der Waals surface area contributed by atoms with Gasteiger partial charge in [-0.1, -0.05) is 20.8 Å². The van der Waals surface area contributed by atoms with Gasteiger partial charge in [-0.25, -0.2) is 4.79 Å². The number of aliphatic hydroxyl groups excluding tert-OH is 1. The van der Waals surface area contributed by atoms with Gasteiger partial charge < -0.3 is 15.7 Å². The van der Waals surface area contributed by atoms with E-state index in [1.807, 2.05) is 20.8 Å². The summed E-state index contributed by atoms with van der Waals surface area (Å²) in [7, 11) is 0. The van der Waals surface area contributed by atoms with Gasteiger partial charge in [0.15, 0.2) is 0 Å². The molecule has 96 valence electrons. The van der Waals surface area contributed by atoms with E-state index in [-0.39, 0.29) is 17.0 Å². The number of hydrogen-bond acceptors (Lipinski definition) is 2. The monoisotopic (exact) mass is 230 g/mol. The van der Waals surface area contributed by atoms with Gasteiger partial charge in [-0.2, -0.15) is 0 Å². The van der Waals surface area contributed by atoms with Gasteiger partial charge in [-0.15, -0.1) is 0 Å². The molecule has 3 N–H and O–H groups in total. The lowest BCUT2D eigenvalue weighted by atomic mass is 9.89. The maximum atomic E-state index is 11.4. The molecule has 16 heavy (non-hydrogen) atoms. The molecule has 0 aliphatic heterocycles. The molecule has 2 amide bonds. The Labute approximate surface area is 98.8 Å². The quantitative estimate of drug-likeness (QED) is 0.693. The minimum Gasteiger partial charge on any atom is -0.391 e. The van der Waals surface area contributed by atoms with Crippen LogP contribution in [0.2, 0.25) is 0 Å². The lowest BCUT2D eigenvalue weighted by Crippen LogP contribution is -2.48. The van der Waals surface area contributed by atoms with Gasteiger partial charge in [-0.05, 0) is 32.6 Å². The van der Waals surface area contributed by atoms with Crippen LogP contribution in [0.5, 0.6) is 0 Å². The zero-order chi connectivity index (χ0) is 13.0. The van der Waals surface area contributed by atoms with E-state index in [4.69, 9.17) is 0 Å². The van der Waals surface area contributed by atoms with E-state index >= 15 is 0 Å². The summed E-state index contributed by atoms with van der Waals surface area (Å²) < 4.78 is 0. The molecule has 0 aromatic carbocycles. The van der Waals surface area contributed by atoms with E-state index in [2.05, 4.69) is 31.4 Å². The fourth-order valence-electron chi connectivity index (χ4n) is 1.37. The predicted molar refractivity (Wildman–Crippen MR) is 66.4 cm³/mol. The molecule has 1 atom stereocenters. The summed E-state index contributed by atoms with van der Waals surface area (Å²) in [5.74, 6) is 0. The number of aliphatic hydroxyl groups is 1. The average Bonchev–Trinajstić information content (AvgIpc) is 1.94. The van der Waals surface area contributed by atoms with Crippen LogP contribution in [0.4, 0.5) is 4.79 Å². The number of hydrogen-bond donors (Lipinski definition) is 3. The Balaban J connectivity index is 3.85. The molecule has 4 nitrogen and oxygen atoms in total. The molecule has 0 aromatic rings. The second-order valence-electron chi connectivity index (χ2n) is 6.50. The van der Waals surface area contributed by atoms with Crippen LogP contribution in [0.1, 0.15) is 48.0 Å². The molecule has 0 rings (SSSR count). The summed E-state index contributed by atoms with van der Waals surface area (Å²) in [6.45, 7) is 12.2. The van der Waals surface area contributed by atoms with E-state index in [1.54, 1.807) is 0 Å². The molecular formula is C12H26N2O2. The molecule has 0 aliphatic rings. The molecule has 0 saturated carbocycles. The first-order valence-electron chi connectivity index (χ1n) is 5.74. The van der Waals surface area contributed by atoms with Crippen LogP contribution in [0.15, 0.2) is 0 Å². The molecule has 0 aliphatic carbocycles. The van der Waals surface area contributed by atoms with Gasteiger partial charge in [0, 0.05) is 12.1 Å². The number of rotatable bonds is 3. The molecule has 0 fully saturated rings. The van der Waals surface area contributed by atoms with Gasteiger partial charge in [0.05, 0.1) is 6.10 Å². The molecule has 0 saturated heterocycles. The van der Waals surface area contributed by atoms with Crippen LogP contribution in [0.25, 0.3) is 0 Å². The van der Waals surface area contributed by atoms with Crippen LogP contribution in [-0.2, 0) is 0 Å². The highest BCUT2D eigenvalue weighted by atomic mass is 16.3. The Morgan fingerprint density at radius 1 is 1.19 bits per heavy atom. The highest BCUT2D eigenvalue weighted by Gasteiger charge is 2.18. The first kappa shape index (κ1) is 15.2. The van der Waals surface area contributed by atoms with E-state index in [1.165, 1.54) is 0 Å². The molecule has 1 unspecified atom stereocenters. The third-order valence-electron chi connectivity index (χ3n) is 1.83.